The summed E-state index contributed by atoms with van der Waals surface area (Å²) in [7, 11) is 0. The molecule has 22 heavy (non-hydrogen) atoms. The Hall–Kier alpha value is -2.15. The van der Waals surface area contributed by atoms with Gasteiger partial charge < -0.3 is 25.4 Å². The van der Waals surface area contributed by atoms with Gasteiger partial charge in [0.1, 0.15) is 6.04 Å². The van der Waals surface area contributed by atoms with Gasteiger partial charge in [-0.3, -0.25) is 4.79 Å². The molecule has 1 aromatic carbocycles. The average Bonchev–Trinajstić information content (AvgIpc) is 2.83. The van der Waals surface area contributed by atoms with Gasteiger partial charge >= 0.3 is 6.03 Å². The third kappa shape index (κ3) is 3.19. The molecule has 118 valence electrons. The predicted molar refractivity (Wildman–Crippen MR) is 80.4 cm³/mol. The number of hydrogen-bond donors (Lipinski definition) is 3. The van der Waals surface area contributed by atoms with E-state index in [4.69, 9.17) is 21.1 Å². The van der Waals surface area contributed by atoms with Crippen molar-refractivity contribution in [3.63, 3.8) is 0 Å². The second kappa shape index (κ2) is 6.31. The molecule has 3 rings (SSSR count). The number of hydrogen-bond acceptors (Lipinski definition) is 4. The molecule has 2 aliphatic rings. The van der Waals surface area contributed by atoms with E-state index in [1.807, 2.05) is 0 Å². The van der Waals surface area contributed by atoms with Gasteiger partial charge in [0.05, 0.1) is 10.7 Å². The Labute approximate surface area is 132 Å². The van der Waals surface area contributed by atoms with Crippen LogP contribution in [0.2, 0.25) is 5.02 Å². The molecule has 1 unspecified atom stereocenters. The van der Waals surface area contributed by atoms with Crippen LogP contribution in [0, 0.1) is 0 Å². The van der Waals surface area contributed by atoms with Crippen molar-refractivity contribution in [3.05, 3.63) is 17.2 Å². The second-order valence-corrected chi connectivity index (χ2v) is 5.53. The summed E-state index contributed by atoms with van der Waals surface area (Å²) in [5, 5.41) is 8.39. The van der Waals surface area contributed by atoms with Crippen molar-refractivity contribution in [2.45, 2.75) is 25.3 Å². The molecular formula is C14H16ClN3O4. The number of ether oxygens (including phenoxy) is 2. The van der Waals surface area contributed by atoms with E-state index >= 15 is 0 Å². The summed E-state index contributed by atoms with van der Waals surface area (Å²) >= 11 is 6.09. The van der Waals surface area contributed by atoms with Crippen molar-refractivity contribution < 1.29 is 19.1 Å². The van der Waals surface area contributed by atoms with E-state index in [0.717, 1.165) is 12.8 Å². The van der Waals surface area contributed by atoms with Crippen LogP contribution >= 0.6 is 11.6 Å². The predicted octanol–water partition coefficient (Wildman–Crippen LogP) is 1.86. The number of urea groups is 1. The molecule has 3 amide bonds. The fourth-order valence-electron chi connectivity index (χ4n) is 2.41. The minimum Gasteiger partial charge on any atom is -0.454 e. The van der Waals surface area contributed by atoms with Gasteiger partial charge in [-0.15, -0.1) is 0 Å². The van der Waals surface area contributed by atoms with Gasteiger partial charge in [-0.25, -0.2) is 4.79 Å². The molecule has 0 bridgehead atoms. The number of carbonyl (C=O) groups excluding carboxylic acids is 2. The summed E-state index contributed by atoms with van der Waals surface area (Å²) in [6.45, 7) is 0.774. The third-order valence-electron chi connectivity index (χ3n) is 3.55. The van der Waals surface area contributed by atoms with Crippen molar-refractivity contribution in [1.82, 2.24) is 10.6 Å². The second-order valence-electron chi connectivity index (χ2n) is 5.12. The molecule has 0 saturated carbocycles. The molecule has 2 heterocycles. The van der Waals surface area contributed by atoms with Gasteiger partial charge in [0.15, 0.2) is 11.5 Å². The number of nitrogens with one attached hydrogen (secondary N) is 3. The van der Waals surface area contributed by atoms with Crippen molar-refractivity contribution in [2.24, 2.45) is 0 Å². The number of rotatable bonds is 2. The highest BCUT2D eigenvalue weighted by Crippen LogP contribution is 2.39. The molecule has 8 heteroatoms. The zero-order chi connectivity index (χ0) is 15.5. The summed E-state index contributed by atoms with van der Waals surface area (Å²) in [6.07, 6.45) is 2.42. The Morgan fingerprint density at radius 1 is 1.27 bits per heavy atom. The fourth-order valence-corrected chi connectivity index (χ4v) is 2.61. The minimum absolute atomic E-state index is 0.129. The van der Waals surface area contributed by atoms with E-state index in [1.54, 1.807) is 12.1 Å². The summed E-state index contributed by atoms with van der Waals surface area (Å²) in [5.74, 6) is 0.899. The van der Waals surface area contributed by atoms with Crippen LogP contribution in [-0.4, -0.2) is 31.3 Å². The Morgan fingerprint density at radius 3 is 2.86 bits per heavy atom. The normalized spacial score (nSPS) is 20.0. The molecule has 0 radical (unpaired) electrons. The van der Waals surface area contributed by atoms with E-state index in [9.17, 15) is 9.59 Å². The largest absolute Gasteiger partial charge is 0.454 e. The minimum atomic E-state index is -0.532. The SMILES string of the molecule is O=C(Nc1cc2c(cc1Cl)OCO2)NC1CCCCNC1=O. The van der Waals surface area contributed by atoms with Crippen LogP contribution in [0.15, 0.2) is 12.1 Å². The molecule has 3 N–H and O–H groups in total. The molecular weight excluding hydrogens is 310 g/mol. The van der Waals surface area contributed by atoms with Crippen molar-refractivity contribution in [2.75, 3.05) is 18.7 Å². The van der Waals surface area contributed by atoms with Gasteiger partial charge in [0.25, 0.3) is 0 Å². The van der Waals surface area contributed by atoms with Gasteiger partial charge in [-0.1, -0.05) is 11.6 Å². The molecule has 2 aliphatic heterocycles. The van der Waals surface area contributed by atoms with Crippen LogP contribution in [0.3, 0.4) is 0 Å². The molecule has 0 spiro atoms. The summed E-state index contributed by atoms with van der Waals surface area (Å²) < 4.78 is 10.4. The van der Waals surface area contributed by atoms with E-state index in [-0.39, 0.29) is 12.7 Å². The van der Waals surface area contributed by atoms with E-state index in [2.05, 4.69) is 16.0 Å². The van der Waals surface area contributed by atoms with E-state index < -0.39 is 12.1 Å². The maximum atomic E-state index is 12.1. The van der Waals surface area contributed by atoms with Gasteiger partial charge in [-0.2, -0.15) is 0 Å². The molecule has 7 nitrogen and oxygen atoms in total. The van der Waals surface area contributed by atoms with Crippen LogP contribution < -0.4 is 25.4 Å². The summed E-state index contributed by atoms with van der Waals surface area (Å²) in [6, 6.07) is 2.16. The lowest BCUT2D eigenvalue weighted by Gasteiger charge is -2.16. The van der Waals surface area contributed by atoms with E-state index in [1.165, 1.54) is 0 Å². The maximum Gasteiger partial charge on any atom is 0.319 e. The quantitative estimate of drug-likeness (QED) is 0.774. The summed E-state index contributed by atoms with van der Waals surface area (Å²) in [5.41, 5.74) is 0.400. The first-order valence-electron chi connectivity index (χ1n) is 7.08. The van der Waals surface area contributed by atoms with Crippen molar-refractivity contribution in [1.29, 1.82) is 0 Å². The summed E-state index contributed by atoms with van der Waals surface area (Å²) in [4.78, 5) is 23.9. The lowest BCUT2D eigenvalue weighted by molar-refractivity contribution is -0.122. The van der Waals surface area contributed by atoms with Crippen LogP contribution in [0.5, 0.6) is 11.5 Å². The highest BCUT2D eigenvalue weighted by atomic mass is 35.5. The molecule has 1 aromatic rings. The van der Waals surface area contributed by atoms with E-state index in [0.29, 0.717) is 35.2 Å². The monoisotopic (exact) mass is 325 g/mol. The Bertz CT molecular complexity index is 608. The smallest absolute Gasteiger partial charge is 0.319 e. The number of halogens is 1. The molecule has 0 aromatic heterocycles. The molecule has 1 atom stereocenters. The third-order valence-corrected chi connectivity index (χ3v) is 3.86. The first-order chi connectivity index (χ1) is 10.6. The lowest BCUT2D eigenvalue weighted by atomic mass is 10.1. The molecule has 1 fully saturated rings. The molecule has 1 saturated heterocycles. The average molecular weight is 326 g/mol. The number of fused-ring (bicyclic) bond motifs is 1. The molecule has 0 aliphatic carbocycles. The van der Waals surface area contributed by atoms with Crippen molar-refractivity contribution in [3.8, 4) is 11.5 Å². The zero-order valence-electron chi connectivity index (χ0n) is 11.8. The number of carbonyl (C=O) groups is 2. The van der Waals surface area contributed by atoms with Gasteiger partial charge in [0.2, 0.25) is 12.7 Å². The van der Waals surface area contributed by atoms with Crippen LogP contribution in [0.4, 0.5) is 10.5 Å². The van der Waals surface area contributed by atoms with Gasteiger partial charge in [0, 0.05) is 18.7 Å². The number of benzene rings is 1. The first-order valence-corrected chi connectivity index (χ1v) is 7.45. The van der Waals surface area contributed by atoms with Gasteiger partial charge in [-0.05, 0) is 19.3 Å². The maximum absolute atomic E-state index is 12.1. The lowest BCUT2D eigenvalue weighted by Crippen LogP contribution is -2.47. The van der Waals surface area contributed by atoms with Crippen LogP contribution in [0.25, 0.3) is 0 Å². The number of anilines is 1. The van der Waals surface area contributed by atoms with Crippen LogP contribution in [0.1, 0.15) is 19.3 Å². The Balaban J connectivity index is 1.65. The van der Waals surface area contributed by atoms with Crippen molar-refractivity contribution >= 4 is 29.2 Å². The van der Waals surface area contributed by atoms with Crippen LogP contribution in [-0.2, 0) is 4.79 Å². The topological polar surface area (TPSA) is 88.7 Å². The Kier molecular flexibility index (Phi) is 4.24. The zero-order valence-corrected chi connectivity index (χ0v) is 12.5. The highest BCUT2D eigenvalue weighted by molar-refractivity contribution is 6.34. The number of amides is 3. The standard InChI is InChI=1S/C14H16ClN3O4/c15-8-5-11-12(22-7-21-11)6-10(8)18-14(20)17-9-3-1-2-4-16-13(9)19/h5-6,9H,1-4,7H2,(H,16,19)(H2,17,18,20). The first kappa shape index (κ1) is 14.8. The Morgan fingerprint density at radius 2 is 2.05 bits per heavy atom. The fraction of sp³-hybridized carbons (Fsp3) is 0.429. The highest BCUT2D eigenvalue weighted by Gasteiger charge is 2.23.